The Morgan fingerprint density at radius 1 is 1.29 bits per heavy atom. The lowest BCUT2D eigenvalue weighted by molar-refractivity contribution is -0.380. The molecule has 0 spiro atoms. The summed E-state index contributed by atoms with van der Waals surface area (Å²) in [5.41, 5.74) is 1.91. The number of thiophene rings is 1. The number of carbonyl (C=O) groups excluding carboxylic acids is 2. The number of benzene rings is 1. The standard InChI is InChI=1S/C16H14N2O5S/c1-10(23-16(20)13-6-7-14(24-13)18(21)22)15(19)17-9-8-11-4-2-3-5-12(11)17/h2-7,10H,8-9H2,1H3/t10-/m1/s1. The quantitative estimate of drug-likeness (QED) is 0.482. The lowest BCUT2D eigenvalue weighted by Crippen LogP contribution is -2.39. The summed E-state index contributed by atoms with van der Waals surface area (Å²) in [6.45, 7) is 2.05. The molecular weight excluding hydrogens is 332 g/mol. The SMILES string of the molecule is C[C@@H](OC(=O)c1ccc([N+](=O)[O-])s1)C(=O)N1CCc2ccccc21. The zero-order valence-corrected chi connectivity index (χ0v) is 13.6. The van der Waals surface area contributed by atoms with Crippen molar-refractivity contribution >= 4 is 33.9 Å². The number of para-hydroxylation sites is 1. The molecule has 0 aliphatic carbocycles. The zero-order chi connectivity index (χ0) is 17.3. The average molecular weight is 346 g/mol. The first-order chi connectivity index (χ1) is 11.5. The Hall–Kier alpha value is -2.74. The molecule has 0 unspecified atom stereocenters. The third-order valence-corrected chi connectivity index (χ3v) is 4.77. The molecule has 0 N–H and O–H groups in total. The molecule has 1 aromatic heterocycles. The monoisotopic (exact) mass is 346 g/mol. The van der Waals surface area contributed by atoms with E-state index in [0.29, 0.717) is 6.54 Å². The van der Waals surface area contributed by atoms with E-state index >= 15 is 0 Å². The van der Waals surface area contributed by atoms with Gasteiger partial charge in [-0.05, 0) is 31.0 Å². The first-order valence-electron chi connectivity index (χ1n) is 7.32. The lowest BCUT2D eigenvalue weighted by atomic mass is 10.2. The second kappa shape index (κ2) is 6.40. The Morgan fingerprint density at radius 3 is 2.75 bits per heavy atom. The van der Waals surface area contributed by atoms with Crippen molar-refractivity contribution in [2.75, 3.05) is 11.4 Å². The maximum Gasteiger partial charge on any atom is 0.349 e. The highest BCUT2D eigenvalue weighted by atomic mass is 32.1. The van der Waals surface area contributed by atoms with Gasteiger partial charge in [0.05, 0.1) is 4.92 Å². The maximum absolute atomic E-state index is 12.5. The molecule has 8 heteroatoms. The van der Waals surface area contributed by atoms with Crippen molar-refractivity contribution in [1.82, 2.24) is 0 Å². The Morgan fingerprint density at radius 2 is 2.04 bits per heavy atom. The van der Waals surface area contributed by atoms with E-state index in [4.69, 9.17) is 4.74 Å². The lowest BCUT2D eigenvalue weighted by Gasteiger charge is -2.21. The van der Waals surface area contributed by atoms with Gasteiger partial charge in [0.15, 0.2) is 6.10 Å². The number of nitro groups is 1. The fraction of sp³-hybridized carbons (Fsp3) is 0.250. The molecule has 2 aromatic rings. The summed E-state index contributed by atoms with van der Waals surface area (Å²) in [5.74, 6) is -1.04. The fourth-order valence-electron chi connectivity index (χ4n) is 2.59. The van der Waals surface area contributed by atoms with Gasteiger partial charge in [-0.2, -0.15) is 0 Å². The van der Waals surface area contributed by atoms with Gasteiger partial charge in [0, 0.05) is 18.3 Å². The van der Waals surface area contributed by atoms with E-state index in [0.717, 1.165) is 29.0 Å². The first-order valence-corrected chi connectivity index (χ1v) is 8.13. The Labute approximate surface area is 141 Å². The molecule has 24 heavy (non-hydrogen) atoms. The smallest absolute Gasteiger partial charge is 0.349 e. The van der Waals surface area contributed by atoms with E-state index in [-0.39, 0.29) is 15.8 Å². The number of nitrogens with zero attached hydrogens (tertiary/aromatic N) is 2. The summed E-state index contributed by atoms with van der Waals surface area (Å²) in [4.78, 5) is 36.4. The van der Waals surface area contributed by atoms with E-state index < -0.39 is 17.0 Å². The van der Waals surface area contributed by atoms with Gasteiger partial charge in [-0.15, -0.1) is 0 Å². The van der Waals surface area contributed by atoms with Crippen LogP contribution in [0, 0.1) is 10.1 Å². The number of rotatable bonds is 4. The van der Waals surface area contributed by atoms with Gasteiger partial charge in [0.2, 0.25) is 0 Å². The second-order valence-electron chi connectivity index (χ2n) is 5.31. The van der Waals surface area contributed by atoms with Gasteiger partial charge in [-0.3, -0.25) is 14.9 Å². The zero-order valence-electron chi connectivity index (χ0n) is 12.8. The van der Waals surface area contributed by atoms with Crippen LogP contribution in [0.25, 0.3) is 0 Å². The van der Waals surface area contributed by atoms with Crippen molar-refractivity contribution in [3.63, 3.8) is 0 Å². The minimum absolute atomic E-state index is 0.100. The van der Waals surface area contributed by atoms with Crippen molar-refractivity contribution in [2.24, 2.45) is 0 Å². The molecule has 0 radical (unpaired) electrons. The summed E-state index contributed by atoms with van der Waals surface area (Å²) in [7, 11) is 0. The topological polar surface area (TPSA) is 89.7 Å². The van der Waals surface area contributed by atoms with Crippen LogP contribution >= 0.6 is 11.3 Å². The predicted molar refractivity (Wildman–Crippen MR) is 88.3 cm³/mol. The number of ether oxygens (including phenoxy) is 1. The first kappa shape index (κ1) is 16.1. The Kier molecular flexibility index (Phi) is 4.30. The van der Waals surface area contributed by atoms with Crippen LogP contribution in [0.15, 0.2) is 36.4 Å². The predicted octanol–water partition coefficient (Wildman–Crippen LogP) is 2.79. The molecule has 1 aromatic carbocycles. The van der Waals surface area contributed by atoms with Gasteiger partial charge in [0.25, 0.3) is 5.91 Å². The van der Waals surface area contributed by atoms with Crippen molar-refractivity contribution in [3.05, 3.63) is 57.0 Å². The summed E-state index contributed by atoms with van der Waals surface area (Å²) in [6.07, 6.45) is -0.204. The highest BCUT2D eigenvalue weighted by molar-refractivity contribution is 7.17. The summed E-state index contributed by atoms with van der Waals surface area (Å²) >= 11 is 0.725. The van der Waals surface area contributed by atoms with E-state index in [1.165, 1.54) is 19.1 Å². The molecule has 1 atom stereocenters. The van der Waals surface area contributed by atoms with Crippen LogP contribution in [0.5, 0.6) is 0 Å². The van der Waals surface area contributed by atoms with Crippen LogP contribution < -0.4 is 4.90 Å². The Bertz CT molecular complexity index is 816. The van der Waals surface area contributed by atoms with Gasteiger partial charge in [-0.1, -0.05) is 29.5 Å². The number of carbonyl (C=O) groups is 2. The largest absolute Gasteiger partial charge is 0.448 e. The third-order valence-electron chi connectivity index (χ3n) is 3.76. The minimum atomic E-state index is -0.968. The van der Waals surface area contributed by atoms with Gasteiger partial charge >= 0.3 is 11.0 Å². The van der Waals surface area contributed by atoms with Crippen molar-refractivity contribution in [1.29, 1.82) is 0 Å². The second-order valence-corrected chi connectivity index (χ2v) is 6.37. The summed E-state index contributed by atoms with van der Waals surface area (Å²) < 4.78 is 5.18. The van der Waals surface area contributed by atoms with Crippen LogP contribution in [-0.4, -0.2) is 29.4 Å². The average Bonchev–Trinajstić information content (AvgIpc) is 3.21. The van der Waals surface area contributed by atoms with Crippen LogP contribution in [0.3, 0.4) is 0 Å². The molecule has 1 aliphatic heterocycles. The molecular formula is C16H14N2O5S. The number of hydrogen-bond acceptors (Lipinski definition) is 6. The highest BCUT2D eigenvalue weighted by Gasteiger charge is 2.30. The van der Waals surface area contributed by atoms with E-state index in [1.807, 2.05) is 24.3 Å². The van der Waals surface area contributed by atoms with Gasteiger partial charge in [-0.25, -0.2) is 4.79 Å². The number of esters is 1. The number of amides is 1. The fourth-order valence-corrected chi connectivity index (χ4v) is 3.29. The number of fused-ring (bicyclic) bond motifs is 1. The molecule has 0 fully saturated rings. The van der Waals surface area contributed by atoms with Gasteiger partial charge < -0.3 is 9.64 Å². The van der Waals surface area contributed by atoms with Crippen LogP contribution in [0.1, 0.15) is 22.2 Å². The van der Waals surface area contributed by atoms with Gasteiger partial charge in [0.1, 0.15) is 4.88 Å². The molecule has 7 nitrogen and oxygen atoms in total. The minimum Gasteiger partial charge on any atom is -0.448 e. The molecule has 2 heterocycles. The third kappa shape index (κ3) is 3.00. The summed E-state index contributed by atoms with van der Waals surface area (Å²) in [6, 6.07) is 10.2. The van der Waals surface area contributed by atoms with E-state index in [9.17, 15) is 19.7 Å². The molecule has 0 saturated heterocycles. The van der Waals surface area contributed by atoms with Crippen molar-refractivity contribution in [2.45, 2.75) is 19.4 Å². The van der Waals surface area contributed by atoms with E-state index in [1.54, 1.807) is 4.90 Å². The number of hydrogen-bond donors (Lipinski definition) is 0. The molecule has 1 aliphatic rings. The van der Waals surface area contributed by atoms with Crippen LogP contribution in [0.4, 0.5) is 10.7 Å². The molecule has 1 amide bonds. The Balaban J connectivity index is 1.68. The molecule has 0 saturated carbocycles. The van der Waals surface area contributed by atoms with Crippen molar-refractivity contribution < 1.29 is 19.2 Å². The van der Waals surface area contributed by atoms with Crippen molar-refractivity contribution in [3.8, 4) is 0 Å². The summed E-state index contributed by atoms with van der Waals surface area (Å²) in [5, 5.41) is 10.5. The highest BCUT2D eigenvalue weighted by Crippen LogP contribution is 2.29. The normalized spacial score (nSPS) is 14.1. The van der Waals surface area contributed by atoms with Crippen LogP contribution in [-0.2, 0) is 16.0 Å². The number of anilines is 1. The van der Waals surface area contributed by atoms with Crippen LogP contribution in [0.2, 0.25) is 0 Å². The molecule has 3 rings (SSSR count). The van der Waals surface area contributed by atoms with E-state index in [2.05, 4.69) is 0 Å². The molecule has 124 valence electrons. The molecule has 0 bridgehead atoms. The maximum atomic E-state index is 12.5.